The van der Waals surface area contributed by atoms with E-state index in [1.165, 1.54) is 0 Å². The van der Waals surface area contributed by atoms with Crippen LogP contribution in [0.3, 0.4) is 0 Å². The number of ether oxygens (including phenoxy) is 3. The maximum absolute atomic E-state index is 12.0. The molecule has 6 nitrogen and oxygen atoms in total. The number of hydrogen-bond donors (Lipinski definition) is 1. The van der Waals surface area contributed by atoms with Crippen LogP contribution in [0, 0.1) is 6.92 Å². The van der Waals surface area contributed by atoms with Crippen molar-refractivity contribution in [1.82, 2.24) is 5.32 Å². The minimum Gasteiger partial charge on any atom is -0.460 e. The van der Waals surface area contributed by atoms with Crippen LogP contribution >= 0.6 is 0 Å². The van der Waals surface area contributed by atoms with Gasteiger partial charge in [-0.05, 0) is 24.8 Å². The number of aryl methyl sites for hydroxylation is 1. The molecule has 0 heterocycles. The molecule has 2 aromatic carbocycles. The molecule has 0 spiro atoms. The predicted molar refractivity (Wildman–Crippen MR) is 99.3 cm³/mol. The summed E-state index contributed by atoms with van der Waals surface area (Å²) in [6, 6.07) is 11.6. The summed E-state index contributed by atoms with van der Waals surface area (Å²) in [7, 11) is 0. The summed E-state index contributed by atoms with van der Waals surface area (Å²) in [5.41, 5.74) is 1.23. The Morgan fingerprint density at radius 3 is 2.62 bits per heavy atom. The first kappa shape index (κ1) is 19.5. The third-order valence-electron chi connectivity index (χ3n) is 3.60. The van der Waals surface area contributed by atoms with E-state index in [1.807, 2.05) is 43.3 Å². The molecule has 2 rings (SSSR count). The number of nitrogens with one attached hydrogen (secondary N) is 1. The van der Waals surface area contributed by atoms with E-state index in [0.717, 1.165) is 16.3 Å². The summed E-state index contributed by atoms with van der Waals surface area (Å²) < 4.78 is 15.6. The molecule has 0 radical (unpaired) electrons. The molecule has 0 aliphatic rings. The molecule has 138 valence electrons. The van der Waals surface area contributed by atoms with Crippen molar-refractivity contribution in [3.05, 3.63) is 54.1 Å². The predicted octanol–water partition coefficient (Wildman–Crippen LogP) is 3.37. The highest BCUT2D eigenvalue weighted by atomic mass is 16.6. The molecule has 0 bridgehead atoms. The number of fused-ring (bicyclic) bond motifs is 1. The highest BCUT2D eigenvalue weighted by Crippen LogP contribution is 2.29. The van der Waals surface area contributed by atoms with Crippen molar-refractivity contribution in [1.29, 1.82) is 0 Å². The van der Waals surface area contributed by atoms with Gasteiger partial charge in [-0.1, -0.05) is 43.0 Å². The zero-order valence-corrected chi connectivity index (χ0v) is 15.0. The molecule has 26 heavy (non-hydrogen) atoms. The first-order valence-electron chi connectivity index (χ1n) is 8.33. The Hall–Kier alpha value is -2.86. The second-order valence-electron chi connectivity index (χ2n) is 5.78. The van der Waals surface area contributed by atoms with Gasteiger partial charge in [-0.2, -0.15) is 0 Å². The van der Waals surface area contributed by atoms with Gasteiger partial charge in [0.15, 0.2) is 0 Å². The van der Waals surface area contributed by atoms with Gasteiger partial charge in [0.1, 0.15) is 12.4 Å². The van der Waals surface area contributed by atoms with E-state index in [9.17, 15) is 9.59 Å². The fourth-order valence-electron chi connectivity index (χ4n) is 2.26. The average Bonchev–Trinajstić information content (AvgIpc) is 2.63. The highest BCUT2D eigenvalue weighted by molar-refractivity contribution is 5.91. The van der Waals surface area contributed by atoms with Gasteiger partial charge in [0.25, 0.3) is 0 Å². The van der Waals surface area contributed by atoms with Crippen molar-refractivity contribution < 1.29 is 23.8 Å². The molecule has 0 aromatic heterocycles. The fourth-order valence-corrected chi connectivity index (χ4v) is 2.26. The second-order valence-corrected chi connectivity index (χ2v) is 5.78. The Kier molecular flexibility index (Phi) is 7.17. The largest absolute Gasteiger partial charge is 0.460 e. The molecule has 0 aliphatic heterocycles. The van der Waals surface area contributed by atoms with Crippen molar-refractivity contribution in [2.24, 2.45) is 0 Å². The van der Waals surface area contributed by atoms with Gasteiger partial charge in [0, 0.05) is 17.5 Å². The van der Waals surface area contributed by atoms with Crippen molar-refractivity contribution in [3.8, 4) is 5.75 Å². The van der Waals surface area contributed by atoms with Crippen molar-refractivity contribution in [2.45, 2.75) is 13.8 Å². The zero-order chi connectivity index (χ0) is 18.9. The number of rotatable bonds is 8. The standard InChI is InChI=1S/C20H23NO5/c1-14(2)19(22)25-13-12-24-11-10-21-20(23)26-18-15(3)8-9-16-6-4-5-7-17(16)18/h4-9H,1,10-13H2,2-3H3,(H,21,23). The number of carbonyl (C=O) groups excluding carboxylic acids is 2. The topological polar surface area (TPSA) is 73.9 Å². The smallest absolute Gasteiger partial charge is 0.412 e. The van der Waals surface area contributed by atoms with Crippen LogP contribution in [-0.4, -0.2) is 38.4 Å². The van der Waals surface area contributed by atoms with Crippen LogP contribution in [0.25, 0.3) is 10.8 Å². The first-order valence-corrected chi connectivity index (χ1v) is 8.33. The Labute approximate surface area is 152 Å². The second kappa shape index (κ2) is 9.58. The summed E-state index contributed by atoms with van der Waals surface area (Å²) in [5.74, 6) is 0.106. The third-order valence-corrected chi connectivity index (χ3v) is 3.60. The minimum absolute atomic E-state index is 0.144. The molecular weight excluding hydrogens is 334 g/mol. The summed E-state index contributed by atoms with van der Waals surface area (Å²) in [6.45, 7) is 7.93. The molecule has 0 saturated carbocycles. The van der Waals surface area contributed by atoms with Gasteiger partial charge < -0.3 is 19.5 Å². The van der Waals surface area contributed by atoms with Gasteiger partial charge in [-0.25, -0.2) is 9.59 Å². The number of hydrogen-bond acceptors (Lipinski definition) is 5. The van der Waals surface area contributed by atoms with E-state index in [0.29, 0.717) is 11.3 Å². The molecule has 2 aromatic rings. The quantitative estimate of drug-likeness (QED) is 0.445. The molecule has 0 saturated heterocycles. The molecule has 1 N–H and O–H groups in total. The molecular formula is C20H23NO5. The summed E-state index contributed by atoms with van der Waals surface area (Å²) in [4.78, 5) is 23.2. The lowest BCUT2D eigenvalue weighted by atomic mass is 10.1. The fraction of sp³-hybridized carbons (Fsp3) is 0.300. The van der Waals surface area contributed by atoms with Gasteiger partial charge in [-0.15, -0.1) is 0 Å². The van der Waals surface area contributed by atoms with E-state index in [4.69, 9.17) is 14.2 Å². The maximum atomic E-state index is 12.0. The van der Waals surface area contributed by atoms with Crippen molar-refractivity contribution in [2.75, 3.05) is 26.4 Å². The van der Waals surface area contributed by atoms with Gasteiger partial charge >= 0.3 is 12.1 Å². The average molecular weight is 357 g/mol. The van der Waals surface area contributed by atoms with E-state index in [-0.39, 0.29) is 26.4 Å². The number of benzene rings is 2. The van der Waals surface area contributed by atoms with Crippen LogP contribution in [0.4, 0.5) is 4.79 Å². The van der Waals surface area contributed by atoms with Crippen LogP contribution in [-0.2, 0) is 14.3 Å². The van der Waals surface area contributed by atoms with Crippen LogP contribution in [0.15, 0.2) is 48.6 Å². The normalized spacial score (nSPS) is 10.4. The van der Waals surface area contributed by atoms with E-state index in [2.05, 4.69) is 11.9 Å². The number of esters is 1. The molecule has 0 fully saturated rings. The lowest BCUT2D eigenvalue weighted by Crippen LogP contribution is -2.30. The molecule has 0 atom stereocenters. The first-order chi connectivity index (χ1) is 12.5. The maximum Gasteiger partial charge on any atom is 0.412 e. The van der Waals surface area contributed by atoms with Crippen LogP contribution in [0.5, 0.6) is 5.75 Å². The lowest BCUT2D eigenvalue weighted by molar-refractivity contribution is -0.140. The van der Waals surface area contributed by atoms with Crippen molar-refractivity contribution >= 4 is 22.8 Å². The summed E-state index contributed by atoms with van der Waals surface area (Å²) in [5, 5.41) is 4.53. The third kappa shape index (κ3) is 5.60. The SMILES string of the molecule is C=C(C)C(=O)OCCOCCNC(=O)Oc1c(C)ccc2ccccc12. The Bertz CT molecular complexity index is 800. The van der Waals surface area contributed by atoms with Crippen LogP contribution in [0.1, 0.15) is 12.5 Å². The van der Waals surface area contributed by atoms with Crippen LogP contribution in [0.2, 0.25) is 0 Å². The summed E-state index contributed by atoms with van der Waals surface area (Å²) in [6.07, 6.45) is -0.540. The zero-order valence-electron chi connectivity index (χ0n) is 15.0. The minimum atomic E-state index is -0.540. The highest BCUT2D eigenvalue weighted by Gasteiger charge is 2.10. The molecule has 0 unspecified atom stereocenters. The van der Waals surface area contributed by atoms with E-state index < -0.39 is 12.1 Å². The van der Waals surface area contributed by atoms with E-state index >= 15 is 0 Å². The van der Waals surface area contributed by atoms with Gasteiger partial charge in [0.05, 0.1) is 13.2 Å². The Morgan fingerprint density at radius 1 is 1.08 bits per heavy atom. The monoisotopic (exact) mass is 357 g/mol. The number of amides is 1. The lowest BCUT2D eigenvalue weighted by Gasteiger charge is -2.12. The van der Waals surface area contributed by atoms with Gasteiger partial charge in [0.2, 0.25) is 0 Å². The van der Waals surface area contributed by atoms with E-state index in [1.54, 1.807) is 6.92 Å². The van der Waals surface area contributed by atoms with Gasteiger partial charge in [-0.3, -0.25) is 0 Å². The molecule has 0 aliphatic carbocycles. The Morgan fingerprint density at radius 2 is 1.85 bits per heavy atom. The Balaban J connectivity index is 1.72. The molecule has 6 heteroatoms. The van der Waals surface area contributed by atoms with Crippen LogP contribution < -0.4 is 10.1 Å². The number of carbonyl (C=O) groups is 2. The van der Waals surface area contributed by atoms with Crippen molar-refractivity contribution in [3.63, 3.8) is 0 Å². The molecule has 1 amide bonds. The summed E-state index contributed by atoms with van der Waals surface area (Å²) >= 11 is 0.